The largest absolute Gasteiger partial charge is 0.383 e. The number of nitrogen functional groups attached to an aromatic ring is 1. The van der Waals surface area contributed by atoms with Crippen molar-refractivity contribution in [2.45, 2.75) is 44.6 Å². The van der Waals surface area contributed by atoms with Crippen molar-refractivity contribution in [1.29, 1.82) is 0 Å². The summed E-state index contributed by atoms with van der Waals surface area (Å²) < 4.78 is 5.96. The minimum atomic E-state index is -0.130. The van der Waals surface area contributed by atoms with Gasteiger partial charge in [0.25, 0.3) is 0 Å². The number of nitrogens with two attached hydrogens (primary N) is 1. The van der Waals surface area contributed by atoms with E-state index in [4.69, 9.17) is 10.5 Å². The highest BCUT2D eigenvalue weighted by atomic mass is 32.1. The summed E-state index contributed by atoms with van der Waals surface area (Å²) in [4.78, 5) is 4.40. The predicted molar refractivity (Wildman–Crippen MR) is 62.9 cm³/mol. The Kier molecular flexibility index (Phi) is 3.26. The van der Waals surface area contributed by atoms with Crippen molar-refractivity contribution in [3.63, 3.8) is 0 Å². The van der Waals surface area contributed by atoms with Gasteiger partial charge in [-0.3, -0.25) is 0 Å². The molecule has 0 spiro atoms. The molecule has 0 bridgehead atoms. The molecule has 1 saturated carbocycles. The molecule has 0 aliphatic heterocycles. The van der Waals surface area contributed by atoms with E-state index in [-0.39, 0.29) is 5.60 Å². The molecule has 1 heterocycles. The smallest absolute Gasteiger partial charge is 0.134 e. The Morgan fingerprint density at radius 2 is 2.20 bits per heavy atom. The van der Waals surface area contributed by atoms with Crippen LogP contribution >= 0.6 is 11.3 Å². The Hall–Kier alpha value is -0.610. The van der Waals surface area contributed by atoms with Crippen LogP contribution in [-0.4, -0.2) is 11.6 Å². The second-order valence-electron chi connectivity index (χ2n) is 4.07. The van der Waals surface area contributed by atoms with Crippen LogP contribution in [0.2, 0.25) is 0 Å². The summed E-state index contributed by atoms with van der Waals surface area (Å²) >= 11 is 1.63. The maximum absolute atomic E-state index is 5.96. The molecule has 0 unspecified atom stereocenters. The first-order valence-electron chi connectivity index (χ1n) is 5.62. The third kappa shape index (κ3) is 2.16. The normalized spacial score (nSPS) is 20.3. The second kappa shape index (κ2) is 4.49. The van der Waals surface area contributed by atoms with Crippen LogP contribution in [0.5, 0.6) is 0 Å². The van der Waals surface area contributed by atoms with E-state index in [0.717, 1.165) is 24.5 Å². The molecule has 0 aromatic carbocycles. The first kappa shape index (κ1) is 10.9. The highest BCUT2D eigenvalue weighted by Gasteiger charge is 2.37. The van der Waals surface area contributed by atoms with Crippen LogP contribution in [0.15, 0.2) is 5.38 Å². The standard InChI is InChI=1S/C11H18N2OS/c1-2-14-11(6-4-3-5-7-11)10-13-9(12)8-15-10/h8H,2-7,12H2,1H3. The topological polar surface area (TPSA) is 48.1 Å². The quantitative estimate of drug-likeness (QED) is 0.862. The molecule has 1 aromatic rings. The highest BCUT2D eigenvalue weighted by Crippen LogP contribution is 2.41. The van der Waals surface area contributed by atoms with E-state index in [9.17, 15) is 0 Å². The van der Waals surface area contributed by atoms with Crippen LogP contribution in [-0.2, 0) is 10.3 Å². The Bertz CT molecular complexity index is 313. The first-order valence-corrected chi connectivity index (χ1v) is 6.50. The highest BCUT2D eigenvalue weighted by molar-refractivity contribution is 7.10. The van der Waals surface area contributed by atoms with Gasteiger partial charge < -0.3 is 10.5 Å². The molecule has 1 aliphatic rings. The molecule has 0 saturated heterocycles. The molecular weight excluding hydrogens is 208 g/mol. The maximum atomic E-state index is 5.96. The molecule has 2 rings (SSSR count). The van der Waals surface area contributed by atoms with Crippen LogP contribution in [0, 0.1) is 0 Å². The summed E-state index contributed by atoms with van der Waals surface area (Å²) in [6.45, 7) is 2.80. The van der Waals surface area contributed by atoms with Gasteiger partial charge in [0.15, 0.2) is 0 Å². The Morgan fingerprint density at radius 3 is 2.73 bits per heavy atom. The molecule has 0 amide bonds. The summed E-state index contributed by atoms with van der Waals surface area (Å²) in [5.41, 5.74) is 5.55. The number of anilines is 1. The van der Waals surface area contributed by atoms with Crippen molar-refractivity contribution < 1.29 is 4.74 Å². The Morgan fingerprint density at radius 1 is 1.47 bits per heavy atom. The van der Waals surface area contributed by atoms with Crippen LogP contribution in [0.25, 0.3) is 0 Å². The van der Waals surface area contributed by atoms with Gasteiger partial charge >= 0.3 is 0 Å². The summed E-state index contributed by atoms with van der Waals surface area (Å²) in [5.74, 6) is 0.625. The van der Waals surface area contributed by atoms with Gasteiger partial charge in [0, 0.05) is 12.0 Å². The van der Waals surface area contributed by atoms with Crippen LogP contribution < -0.4 is 5.73 Å². The number of thiazole rings is 1. The molecule has 3 nitrogen and oxygen atoms in total. The summed E-state index contributed by atoms with van der Waals surface area (Å²) in [7, 11) is 0. The van der Waals surface area contributed by atoms with Gasteiger partial charge in [0.1, 0.15) is 16.4 Å². The number of nitrogens with zero attached hydrogens (tertiary/aromatic N) is 1. The van der Waals surface area contributed by atoms with Gasteiger partial charge in [-0.15, -0.1) is 11.3 Å². The van der Waals surface area contributed by atoms with E-state index < -0.39 is 0 Å². The molecule has 15 heavy (non-hydrogen) atoms. The SMILES string of the molecule is CCOC1(c2nc(N)cs2)CCCCC1. The summed E-state index contributed by atoms with van der Waals surface area (Å²) in [5, 5.41) is 2.98. The molecule has 0 atom stereocenters. The average Bonchev–Trinajstić information content (AvgIpc) is 2.67. The molecule has 0 radical (unpaired) electrons. The Labute approximate surface area is 94.7 Å². The van der Waals surface area contributed by atoms with Crippen LogP contribution in [0.4, 0.5) is 5.82 Å². The third-order valence-corrected chi connectivity index (χ3v) is 4.04. The van der Waals surface area contributed by atoms with Crippen molar-refractivity contribution >= 4 is 17.2 Å². The zero-order valence-corrected chi connectivity index (χ0v) is 9.98. The van der Waals surface area contributed by atoms with Gasteiger partial charge in [-0.1, -0.05) is 19.3 Å². The van der Waals surface area contributed by atoms with E-state index >= 15 is 0 Å². The fourth-order valence-electron chi connectivity index (χ4n) is 2.31. The lowest BCUT2D eigenvalue weighted by molar-refractivity contribution is -0.0703. The zero-order chi connectivity index (χ0) is 10.7. The fraction of sp³-hybridized carbons (Fsp3) is 0.727. The van der Waals surface area contributed by atoms with Gasteiger partial charge in [0.05, 0.1) is 0 Å². The van der Waals surface area contributed by atoms with Crippen molar-refractivity contribution in [3.8, 4) is 0 Å². The third-order valence-electron chi connectivity index (χ3n) is 2.99. The fourth-order valence-corrected chi connectivity index (χ4v) is 3.24. The average molecular weight is 226 g/mol. The lowest BCUT2D eigenvalue weighted by atomic mass is 9.85. The first-order chi connectivity index (χ1) is 7.27. The predicted octanol–water partition coefficient (Wildman–Crippen LogP) is 2.92. The molecule has 1 aromatic heterocycles. The lowest BCUT2D eigenvalue weighted by Gasteiger charge is -2.35. The van der Waals surface area contributed by atoms with Crippen molar-refractivity contribution in [2.24, 2.45) is 0 Å². The molecule has 1 aliphatic carbocycles. The van der Waals surface area contributed by atoms with E-state index in [2.05, 4.69) is 4.98 Å². The Balaban J connectivity index is 2.24. The number of aromatic nitrogens is 1. The van der Waals surface area contributed by atoms with Crippen molar-refractivity contribution in [3.05, 3.63) is 10.4 Å². The van der Waals surface area contributed by atoms with E-state index in [1.807, 2.05) is 12.3 Å². The van der Waals surface area contributed by atoms with Crippen molar-refractivity contribution in [1.82, 2.24) is 4.98 Å². The van der Waals surface area contributed by atoms with Crippen molar-refractivity contribution in [2.75, 3.05) is 12.3 Å². The zero-order valence-electron chi connectivity index (χ0n) is 9.16. The monoisotopic (exact) mass is 226 g/mol. The maximum Gasteiger partial charge on any atom is 0.134 e. The van der Waals surface area contributed by atoms with Gasteiger partial charge in [0.2, 0.25) is 0 Å². The number of ether oxygens (including phenoxy) is 1. The van der Waals surface area contributed by atoms with Crippen LogP contribution in [0.3, 0.4) is 0 Å². The number of hydrogen-bond donors (Lipinski definition) is 1. The van der Waals surface area contributed by atoms with Gasteiger partial charge in [-0.2, -0.15) is 0 Å². The summed E-state index contributed by atoms with van der Waals surface area (Å²) in [6, 6.07) is 0. The van der Waals surface area contributed by atoms with E-state index in [0.29, 0.717) is 5.82 Å². The minimum absolute atomic E-state index is 0.130. The van der Waals surface area contributed by atoms with Gasteiger partial charge in [-0.25, -0.2) is 4.98 Å². The second-order valence-corrected chi connectivity index (χ2v) is 4.92. The lowest BCUT2D eigenvalue weighted by Crippen LogP contribution is -2.32. The number of hydrogen-bond acceptors (Lipinski definition) is 4. The number of rotatable bonds is 3. The molecule has 2 N–H and O–H groups in total. The summed E-state index contributed by atoms with van der Waals surface area (Å²) in [6.07, 6.45) is 5.97. The minimum Gasteiger partial charge on any atom is -0.383 e. The molecule has 4 heteroatoms. The molecule has 1 fully saturated rings. The van der Waals surface area contributed by atoms with Gasteiger partial charge in [-0.05, 0) is 19.8 Å². The molecular formula is C11H18N2OS. The van der Waals surface area contributed by atoms with E-state index in [1.54, 1.807) is 11.3 Å². The van der Waals surface area contributed by atoms with E-state index in [1.165, 1.54) is 19.3 Å². The van der Waals surface area contributed by atoms with Crippen LogP contribution in [0.1, 0.15) is 44.0 Å². The molecule has 84 valence electrons.